The van der Waals surface area contributed by atoms with Crippen LogP contribution in [0.25, 0.3) is 17.0 Å². The number of amides is 1. The molecule has 0 bridgehead atoms. The number of aromatic amines is 1. The normalized spacial score (nSPS) is 11.3. The van der Waals surface area contributed by atoms with E-state index in [0.717, 1.165) is 21.4 Å². The van der Waals surface area contributed by atoms with Gasteiger partial charge < -0.3 is 15.4 Å². The lowest BCUT2D eigenvalue weighted by Gasteiger charge is -2.26. The molecular weight excluding hydrogens is 498 g/mol. The fourth-order valence-electron chi connectivity index (χ4n) is 4.03. The molecule has 1 amide bonds. The van der Waals surface area contributed by atoms with Crippen molar-refractivity contribution >= 4 is 40.4 Å². The number of para-hydroxylation sites is 1. The number of H-pyrrole nitrogens is 1. The zero-order valence-corrected chi connectivity index (χ0v) is 21.7. The van der Waals surface area contributed by atoms with Crippen LogP contribution in [0.3, 0.4) is 0 Å². The van der Waals surface area contributed by atoms with Crippen molar-refractivity contribution in [2.45, 2.75) is 20.4 Å². The van der Waals surface area contributed by atoms with Crippen molar-refractivity contribution < 1.29 is 14.3 Å². The Hall–Kier alpha value is -4.99. The summed E-state index contributed by atoms with van der Waals surface area (Å²) in [4.78, 5) is 58.8. The van der Waals surface area contributed by atoms with Crippen LogP contribution in [0.2, 0.25) is 0 Å². The van der Waals surface area contributed by atoms with E-state index in [1.165, 1.54) is 16.7 Å². The third-order valence-electron chi connectivity index (χ3n) is 5.86. The molecule has 2 heterocycles. The van der Waals surface area contributed by atoms with Gasteiger partial charge in [-0.15, -0.1) is 0 Å². The second-order valence-corrected chi connectivity index (χ2v) is 9.33. The molecule has 0 spiro atoms. The van der Waals surface area contributed by atoms with Gasteiger partial charge in [-0.1, -0.05) is 68.4 Å². The average molecular weight is 528 g/mol. The van der Waals surface area contributed by atoms with Crippen LogP contribution in [0.1, 0.15) is 25.1 Å². The minimum atomic E-state index is -0.801. The first-order valence-electron chi connectivity index (χ1n) is 12.4. The number of nitrogens with zero attached hydrogens (tertiary/aromatic N) is 3. The summed E-state index contributed by atoms with van der Waals surface area (Å²) in [6, 6.07) is 20.3. The first kappa shape index (κ1) is 27.1. The molecule has 0 fully saturated rings. The van der Waals surface area contributed by atoms with Crippen molar-refractivity contribution in [3.05, 3.63) is 105 Å². The SMILES string of the molecule is CC(C)CN(C(=O)COC(=O)/C=C/c1ccc2ccccc2n1)c1c(N)n(Cc2ccccc2)c(=O)[nH]c1=O. The second-order valence-electron chi connectivity index (χ2n) is 9.33. The molecule has 0 aliphatic heterocycles. The van der Waals surface area contributed by atoms with Gasteiger partial charge in [0, 0.05) is 18.0 Å². The fourth-order valence-corrected chi connectivity index (χ4v) is 4.03. The van der Waals surface area contributed by atoms with Crippen LogP contribution in [0.5, 0.6) is 0 Å². The molecule has 2 aromatic carbocycles. The third kappa shape index (κ3) is 6.67. The van der Waals surface area contributed by atoms with Crippen LogP contribution in [0.15, 0.2) is 82.4 Å². The minimum Gasteiger partial charge on any atom is -0.452 e. The fraction of sp³-hybridized carbons (Fsp3) is 0.207. The van der Waals surface area contributed by atoms with Crippen LogP contribution < -0.4 is 21.9 Å². The Morgan fingerprint density at radius 1 is 1.05 bits per heavy atom. The Morgan fingerprint density at radius 3 is 2.51 bits per heavy atom. The van der Waals surface area contributed by atoms with Crippen LogP contribution in [0, 0.1) is 5.92 Å². The summed E-state index contributed by atoms with van der Waals surface area (Å²) in [6.07, 6.45) is 2.67. The Kier molecular flexibility index (Phi) is 8.35. The number of nitrogen functional groups attached to an aromatic ring is 1. The molecule has 2 aromatic heterocycles. The highest BCUT2D eigenvalue weighted by molar-refractivity contribution is 5.98. The monoisotopic (exact) mass is 527 g/mol. The summed E-state index contributed by atoms with van der Waals surface area (Å²) in [5.74, 6) is -1.62. The highest BCUT2D eigenvalue weighted by atomic mass is 16.5. The van der Waals surface area contributed by atoms with Gasteiger partial charge in [0.15, 0.2) is 12.3 Å². The molecule has 0 aliphatic rings. The maximum absolute atomic E-state index is 13.2. The predicted molar refractivity (Wildman–Crippen MR) is 150 cm³/mol. The minimum absolute atomic E-state index is 0.0585. The molecule has 0 saturated heterocycles. The van der Waals surface area contributed by atoms with Crippen LogP contribution in [-0.2, 0) is 20.9 Å². The number of fused-ring (bicyclic) bond motifs is 1. The summed E-state index contributed by atoms with van der Waals surface area (Å²) in [5, 5.41) is 0.970. The number of benzene rings is 2. The molecule has 0 radical (unpaired) electrons. The molecule has 200 valence electrons. The number of rotatable bonds is 9. The molecule has 0 saturated carbocycles. The van der Waals surface area contributed by atoms with E-state index in [9.17, 15) is 19.2 Å². The van der Waals surface area contributed by atoms with Gasteiger partial charge in [0.1, 0.15) is 5.82 Å². The summed E-state index contributed by atoms with van der Waals surface area (Å²) < 4.78 is 6.35. The number of hydrogen-bond acceptors (Lipinski definition) is 7. The Bertz CT molecular complexity index is 1640. The number of anilines is 2. The number of carbonyl (C=O) groups is 2. The Labute approximate surface area is 224 Å². The summed E-state index contributed by atoms with van der Waals surface area (Å²) in [6.45, 7) is 3.30. The molecule has 4 rings (SSSR count). The molecule has 10 heteroatoms. The van der Waals surface area contributed by atoms with E-state index in [4.69, 9.17) is 10.5 Å². The number of hydrogen-bond donors (Lipinski definition) is 2. The van der Waals surface area contributed by atoms with E-state index in [1.807, 2.05) is 74.5 Å². The number of ether oxygens (including phenoxy) is 1. The van der Waals surface area contributed by atoms with Crippen molar-refractivity contribution in [2.75, 3.05) is 23.8 Å². The van der Waals surface area contributed by atoms with Crippen molar-refractivity contribution in [1.82, 2.24) is 14.5 Å². The zero-order chi connectivity index (χ0) is 27.9. The lowest BCUT2D eigenvalue weighted by atomic mass is 10.2. The number of pyridine rings is 1. The second kappa shape index (κ2) is 12.0. The van der Waals surface area contributed by atoms with Gasteiger partial charge in [0.2, 0.25) is 0 Å². The van der Waals surface area contributed by atoms with E-state index in [1.54, 1.807) is 6.07 Å². The highest BCUT2D eigenvalue weighted by Crippen LogP contribution is 2.20. The Balaban J connectivity index is 1.52. The number of esters is 1. The lowest BCUT2D eigenvalue weighted by Crippen LogP contribution is -2.44. The van der Waals surface area contributed by atoms with E-state index in [2.05, 4.69) is 9.97 Å². The smallest absolute Gasteiger partial charge is 0.331 e. The van der Waals surface area contributed by atoms with Crippen LogP contribution in [0.4, 0.5) is 11.5 Å². The number of nitrogens with two attached hydrogens (primary N) is 1. The molecule has 4 aromatic rings. The van der Waals surface area contributed by atoms with E-state index < -0.39 is 29.7 Å². The molecule has 39 heavy (non-hydrogen) atoms. The standard InChI is InChI=1S/C29H29N5O5/c1-19(2)16-33(26-27(30)34(29(38)32-28(26)37)17-20-8-4-3-5-9-20)24(35)18-39-25(36)15-14-22-13-12-21-10-6-7-11-23(21)31-22/h3-15,19H,16-18,30H2,1-2H3,(H,32,37,38)/b15-14+. The van der Waals surface area contributed by atoms with Crippen LogP contribution in [-0.4, -0.2) is 39.6 Å². The van der Waals surface area contributed by atoms with Crippen molar-refractivity contribution in [3.63, 3.8) is 0 Å². The van der Waals surface area contributed by atoms with E-state index in [0.29, 0.717) is 5.69 Å². The molecule has 3 N–H and O–H groups in total. The summed E-state index contributed by atoms with van der Waals surface area (Å²) >= 11 is 0. The molecular formula is C29H29N5O5. The first-order chi connectivity index (χ1) is 18.7. The largest absolute Gasteiger partial charge is 0.452 e. The van der Waals surface area contributed by atoms with Gasteiger partial charge in [-0.3, -0.25) is 19.1 Å². The van der Waals surface area contributed by atoms with Gasteiger partial charge in [-0.05, 0) is 29.7 Å². The average Bonchev–Trinajstić information content (AvgIpc) is 2.92. The summed E-state index contributed by atoms with van der Waals surface area (Å²) in [7, 11) is 0. The van der Waals surface area contributed by atoms with Gasteiger partial charge >= 0.3 is 11.7 Å². The van der Waals surface area contributed by atoms with Crippen molar-refractivity contribution in [1.29, 1.82) is 0 Å². The van der Waals surface area contributed by atoms with Gasteiger partial charge in [0.05, 0.1) is 17.8 Å². The first-order valence-corrected chi connectivity index (χ1v) is 12.4. The predicted octanol–water partition coefficient (Wildman–Crippen LogP) is 2.96. The quantitative estimate of drug-likeness (QED) is 0.252. The number of aromatic nitrogens is 3. The van der Waals surface area contributed by atoms with Gasteiger partial charge in [-0.2, -0.15) is 0 Å². The van der Waals surface area contributed by atoms with Gasteiger partial charge in [0.25, 0.3) is 11.5 Å². The van der Waals surface area contributed by atoms with Crippen LogP contribution >= 0.6 is 0 Å². The van der Waals surface area contributed by atoms with Crippen molar-refractivity contribution in [2.24, 2.45) is 5.92 Å². The van der Waals surface area contributed by atoms with Crippen molar-refractivity contribution in [3.8, 4) is 0 Å². The van der Waals surface area contributed by atoms with E-state index >= 15 is 0 Å². The topological polar surface area (TPSA) is 140 Å². The molecule has 0 unspecified atom stereocenters. The lowest BCUT2D eigenvalue weighted by molar-refractivity contribution is -0.142. The number of nitrogens with one attached hydrogen (secondary N) is 1. The summed E-state index contributed by atoms with van der Waals surface area (Å²) in [5.41, 5.74) is 6.73. The van der Waals surface area contributed by atoms with E-state index in [-0.39, 0.29) is 30.5 Å². The van der Waals surface area contributed by atoms with Gasteiger partial charge in [-0.25, -0.2) is 14.6 Å². The molecule has 0 atom stereocenters. The molecule has 0 aliphatic carbocycles. The highest BCUT2D eigenvalue weighted by Gasteiger charge is 2.26. The number of carbonyl (C=O) groups excluding carboxylic acids is 2. The Morgan fingerprint density at radius 2 is 1.77 bits per heavy atom. The third-order valence-corrected chi connectivity index (χ3v) is 5.86. The zero-order valence-electron chi connectivity index (χ0n) is 21.7. The maximum atomic E-state index is 13.2. The molecule has 10 nitrogen and oxygen atoms in total. The maximum Gasteiger partial charge on any atom is 0.331 e.